The second-order valence-electron chi connectivity index (χ2n) is 7.40. The third-order valence-corrected chi connectivity index (χ3v) is 6.44. The van der Waals surface area contributed by atoms with Crippen molar-refractivity contribution >= 4 is 34.9 Å². The lowest BCUT2D eigenvalue weighted by atomic mass is 9.88. The zero-order valence-electron chi connectivity index (χ0n) is 15.0. The molecule has 0 atom stereocenters. The van der Waals surface area contributed by atoms with Crippen LogP contribution in [0.3, 0.4) is 0 Å². The third kappa shape index (κ3) is 3.76. The lowest BCUT2D eigenvalue weighted by Crippen LogP contribution is -2.40. The molecule has 0 radical (unpaired) electrons. The second kappa shape index (κ2) is 7.65. The smallest absolute Gasteiger partial charge is 0.253 e. The number of carbonyl (C=O) groups is 2. The first kappa shape index (κ1) is 18.5. The maximum atomic E-state index is 12.8. The molecule has 2 aromatic rings. The molecular formula is C22H21Cl2NO2. The number of likely N-dealkylation sites (tertiary alicyclic amines) is 1. The Balaban J connectivity index is 1.40. The van der Waals surface area contributed by atoms with Crippen LogP contribution in [0.2, 0.25) is 10.0 Å². The number of rotatable bonds is 3. The first-order valence-corrected chi connectivity index (χ1v) is 10.2. The van der Waals surface area contributed by atoms with E-state index in [1.165, 1.54) is 17.5 Å². The van der Waals surface area contributed by atoms with Crippen molar-refractivity contribution in [3.63, 3.8) is 0 Å². The van der Waals surface area contributed by atoms with Crippen molar-refractivity contribution in [3.8, 4) is 0 Å². The summed E-state index contributed by atoms with van der Waals surface area (Å²) in [5.41, 5.74) is 4.04. The summed E-state index contributed by atoms with van der Waals surface area (Å²) >= 11 is 12.0. The molecule has 27 heavy (non-hydrogen) atoms. The molecule has 4 rings (SSSR count). The molecule has 1 aliphatic carbocycles. The van der Waals surface area contributed by atoms with Crippen LogP contribution in [0.25, 0.3) is 0 Å². The van der Waals surface area contributed by atoms with Gasteiger partial charge in [-0.25, -0.2) is 0 Å². The Hall–Kier alpha value is -1.84. The normalized spacial score (nSPS) is 17.0. The Kier molecular flexibility index (Phi) is 5.25. The highest BCUT2D eigenvalue weighted by Crippen LogP contribution is 2.28. The van der Waals surface area contributed by atoms with Gasteiger partial charge in [0.25, 0.3) is 5.91 Å². The number of aryl methyl sites for hydroxylation is 2. The number of benzene rings is 2. The van der Waals surface area contributed by atoms with Crippen molar-refractivity contribution < 1.29 is 9.59 Å². The fraction of sp³-hybridized carbons (Fsp3) is 0.364. The highest BCUT2D eigenvalue weighted by Gasteiger charge is 2.29. The summed E-state index contributed by atoms with van der Waals surface area (Å²) < 4.78 is 0. The molecule has 0 unspecified atom stereocenters. The standard InChI is InChI=1S/C22H21Cl2NO2/c23-19-7-6-17(13-20(19)24)21(26)15-8-10-25(11-9-15)22(27)18-5-4-14-2-1-3-16(14)12-18/h4-7,12-13,15H,1-3,8-11H2. The molecule has 1 heterocycles. The molecule has 1 fully saturated rings. The van der Waals surface area contributed by atoms with Crippen LogP contribution in [-0.2, 0) is 12.8 Å². The number of fused-ring (bicyclic) bond motifs is 1. The lowest BCUT2D eigenvalue weighted by Gasteiger charge is -2.31. The second-order valence-corrected chi connectivity index (χ2v) is 8.21. The van der Waals surface area contributed by atoms with E-state index >= 15 is 0 Å². The number of carbonyl (C=O) groups excluding carboxylic acids is 2. The Morgan fingerprint density at radius 3 is 2.30 bits per heavy atom. The summed E-state index contributed by atoms with van der Waals surface area (Å²) in [5.74, 6) is 0.0784. The number of piperidine rings is 1. The van der Waals surface area contributed by atoms with Gasteiger partial charge < -0.3 is 4.90 Å². The van der Waals surface area contributed by atoms with E-state index in [1.54, 1.807) is 18.2 Å². The quantitative estimate of drug-likeness (QED) is 0.661. The maximum absolute atomic E-state index is 12.8. The third-order valence-electron chi connectivity index (χ3n) is 5.70. The number of ketones is 1. The van der Waals surface area contributed by atoms with E-state index in [0.717, 1.165) is 18.4 Å². The van der Waals surface area contributed by atoms with Gasteiger partial charge in [0.05, 0.1) is 10.0 Å². The van der Waals surface area contributed by atoms with Gasteiger partial charge in [-0.3, -0.25) is 9.59 Å². The Morgan fingerprint density at radius 1 is 0.852 bits per heavy atom. The lowest BCUT2D eigenvalue weighted by molar-refractivity contribution is 0.0650. The van der Waals surface area contributed by atoms with Crippen LogP contribution in [-0.4, -0.2) is 29.7 Å². The van der Waals surface area contributed by atoms with Gasteiger partial charge >= 0.3 is 0 Å². The summed E-state index contributed by atoms with van der Waals surface area (Å²) in [6, 6.07) is 11.1. The average Bonchev–Trinajstić information content (AvgIpc) is 3.17. The van der Waals surface area contributed by atoms with Gasteiger partial charge in [-0.15, -0.1) is 0 Å². The highest BCUT2D eigenvalue weighted by atomic mass is 35.5. The number of hydrogen-bond donors (Lipinski definition) is 0. The molecule has 0 spiro atoms. The minimum Gasteiger partial charge on any atom is -0.339 e. The molecule has 1 amide bonds. The van der Waals surface area contributed by atoms with Gasteiger partial charge in [-0.05, 0) is 73.6 Å². The first-order chi connectivity index (χ1) is 13.0. The number of amides is 1. The van der Waals surface area contributed by atoms with Crippen LogP contribution in [0.4, 0.5) is 0 Å². The molecule has 3 nitrogen and oxygen atoms in total. The van der Waals surface area contributed by atoms with Crippen molar-refractivity contribution in [2.75, 3.05) is 13.1 Å². The van der Waals surface area contributed by atoms with Gasteiger partial charge in [0.2, 0.25) is 0 Å². The molecule has 0 saturated carbocycles. The number of Topliss-reactive ketones (excluding diaryl/α,β-unsaturated/α-hetero) is 1. The molecule has 1 saturated heterocycles. The molecule has 5 heteroatoms. The van der Waals surface area contributed by atoms with Gasteiger partial charge in [0.1, 0.15) is 0 Å². The maximum Gasteiger partial charge on any atom is 0.253 e. The summed E-state index contributed by atoms with van der Waals surface area (Å²) in [7, 11) is 0. The van der Waals surface area contributed by atoms with Crippen molar-refractivity contribution in [1.82, 2.24) is 4.90 Å². The van der Waals surface area contributed by atoms with Crippen LogP contribution < -0.4 is 0 Å². The Morgan fingerprint density at radius 2 is 1.56 bits per heavy atom. The Bertz CT molecular complexity index is 901. The van der Waals surface area contributed by atoms with E-state index in [2.05, 4.69) is 12.1 Å². The molecular weight excluding hydrogens is 381 g/mol. The monoisotopic (exact) mass is 401 g/mol. The molecule has 0 aromatic heterocycles. The summed E-state index contributed by atoms with van der Waals surface area (Å²) in [6.07, 6.45) is 4.71. The van der Waals surface area contributed by atoms with Gasteiger partial charge in [0, 0.05) is 30.1 Å². The zero-order valence-corrected chi connectivity index (χ0v) is 16.5. The van der Waals surface area contributed by atoms with Gasteiger partial charge in [-0.1, -0.05) is 29.3 Å². The van der Waals surface area contributed by atoms with E-state index in [1.807, 2.05) is 11.0 Å². The number of halogens is 2. The summed E-state index contributed by atoms with van der Waals surface area (Å²) in [4.78, 5) is 27.4. The van der Waals surface area contributed by atoms with Crippen LogP contribution in [0, 0.1) is 5.92 Å². The minimum atomic E-state index is -0.0775. The van der Waals surface area contributed by atoms with E-state index < -0.39 is 0 Å². The van der Waals surface area contributed by atoms with Crippen LogP contribution >= 0.6 is 23.2 Å². The predicted octanol–water partition coefficient (Wildman–Crippen LogP) is 5.22. The topological polar surface area (TPSA) is 37.4 Å². The molecule has 0 N–H and O–H groups in total. The fourth-order valence-electron chi connectivity index (χ4n) is 4.12. The number of nitrogens with zero attached hydrogens (tertiary/aromatic N) is 1. The molecule has 2 aliphatic rings. The van der Waals surface area contributed by atoms with E-state index in [0.29, 0.717) is 41.5 Å². The largest absolute Gasteiger partial charge is 0.339 e. The van der Waals surface area contributed by atoms with Crippen molar-refractivity contribution in [3.05, 3.63) is 68.7 Å². The van der Waals surface area contributed by atoms with Crippen molar-refractivity contribution in [2.24, 2.45) is 5.92 Å². The van der Waals surface area contributed by atoms with Crippen LogP contribution in [0.15, 0.2) is 36.4 Å². The fourth-order valence-corrected chi connectivity index (χ4v) is 4.42. The van der Waals surface area contributed by atoms with Crippen LogP contribution in [0.1, 0.15) is 51.1 Å². The molecule has 0 bridgehead atoms. The first-order valence-electron chi connectivity index (χ1n) is 9.43. The van der Waals surface area contributed by atoms with E-state index in [4.69, 9.17) is 23.2 Å². The highest BCUT2D eigenvalue weighted by molar-refractivity contribution is 6.42. The molecule has 1 aliphatic heterocycles. The SMILES string of the molecule is O=C(c1ccc(Cl)c(Cl)c1)C1CCN(C(=O)c2ccc3c(c2)CCC3)CC1. The van der Waals surface area contributed by atoms with Gasteiger partial charge in [0.15, 0.2) is 5.78 Å². The predicted molar refractivity (Wildman–Crippen MR) is 108 cm³/mol. The van der Waals surface area contributed by atoms with E-state index in [-0.39, 0.29) is 17.6 Å². The van der Waals surface area contributed by atoms with Gasteiger partial charge in [-0.2, -0.15) is 0 Å². The zero-order chi connectivity index (χ0) is 19.0. The average molecular weight is 402 g/mol. The van der Waals surface area contributed by atoms with Crippen molar-refractivity contribution in [2.45, 2.75) is 32.1 Å². The molecule has 2 aromatic carbocycles. The summed E-state index contributed by atoms with van der Waals surface area (Å²) in [6.45, 7) is 1.21. The van der Waals surface area contributed by atoms with Crippen molar-refractivity contribution in [1.29, 1.82) is 0 Å². The number of hydrogen-bond acceptors (Lipinski definition) is 2. The molecule has 140 valence electrons. The van der Waals surface area contributed by atoms with E-state index in [9.17, 15) is 9.59 Å². The Labute approximate surface area is 169 Å². The van der Waals surface area contributed by atoms with Crippen LogP contribution in [0.5, 0.6) is 0 Å². The minimum absolute atomic E-state index is 0.0742. The summed E-state index contributed by atoms with van der Waals surface area (Å²) in [5, 5.41) is 0.842.